The van der Waals surface area contributed by atoms with Crippen LogP contribution in [0.25, 0.3) is 0 Å². The molecule has 6 aliphatic rings. The molecule has 0 radical (unpaired) electrons. The third-order valence-corrected chi connectivity index (χ3v) is 13.4. The Morgan fingerprint density at radius 2 is 0.882 bits per heavy atom. The molecule has 13 heteroatoms. The third-order valence-electron chi connectivity index (χ3n) is 13.4. The molecule has 3 saturated heterocycles. The van der Waals surface area contributed by atoms with Gasteiger partial charge in [0.2, 0.25) is 17.7 Å². The van der Waals surface area contributed by atoms with Crippen molar-refractivity contribution in [2.24, 2.45) is 0 Å². The first kappa shape index (κ1) is 50.8. The van der Waals surface area contributed by atoms with E-state index in [0.29, 0.717) is 55.6 Å². The van der Waals surface area contributed by atoms with Crippen LogP contribution in [-0.4, -0.2) is 74.2 Å². The van der Waals surface area contributed by atoms with Crippen LogP contribution in [0.4, 0.5) is 0 Å². The number of hydrogen-bond acceptors (Lipinski definition) is 7. The molecule has 3 atom stereocenters. The zero-order valence-corrected chi connectivity index (χ0v) is 40.4. The Kier molecular flexibility index (Phi) is 14.0. The molecule has 3 aromatic carbocycles. The Bertz CT molecular complexity index is 2620. The van der Waals surface area contributed by atoms with Gasteiger partial charge in [-0.3, -0.25) is 38.5 Å². The largest absolute Gasteiger partial charge is 0.329 e. The van der Waals surface area contributed by atoms with Gasteiger partial charge in [0.05, 0.1) is 11.1 Å². The molecule has 3 unspecified atom stereocenters. The van der Waals surface area contributed by atoms with Crippen LogP contribution in [0.1, 0.15) is 178 Å². The molecule has 0 aromatic heterocycles. The van der Waals surface area contributed by atoms with E-state index >= 15 is 0 Å². The van der Waals surface area contributed by atoms with Crippen LogP contribution in [0.2, 0.25) is 0 Å². The summed E-state index contributed by atoms with van der Waals surface area (Å²) >= 11 is 0. The van der Waals surface area contributed by atoms with Crippen molar-refractivity contribution in [1.82, 2.24) is 30.7 Å². The highest BCUT2D eigenvalue weighted by Gasteiger charge is 2.46. The molecule has 68 heavy (non-hydrogen) atoms. The van der Waals surface area contributed by atoms with Crippen molar-refractivity contribution in [3.63, 3.8) is 0 Å². The summed E-state index contributed by atoms with van der Waals surface area (Å²) < 4.78 is 0. The first-order valence-electron chi connectivity index (χ1n) is 23.1. The van der Waals surface area contributed by atoms with Crippen LogP contribution in [0, 0.1) is 0 Å². The maximum absolute atomic E-state index is 12.9. The lowest BCUT2D eigenvalue weighted by atomic mass is 9.82. The van der Waals surface area contributed by atoms with Gasteiger partial charge in [0.25, 0.3) is 23.6 Å². The second-order valence-corrected chi connectivity index (χ2v) is 21.4. The molecule has 0 saturated carbocycles. The number of carbonyl (C=O) groups excluding carboxylic acids is 7. The zero-order chi connectivity index (χ0) is 49.1. The molecule has 13 nitrogen and oxygen atoms in total. The molecule has 7 amide bonds. The van der Waals surface area contributed by atoms with Gasteiger partial charge < -0.3 is 25.8 Å². The number of benzene rings is 3. The van der Waals surface area contributed by atoms with E-state index in [1.807, 2.05) is 57.2 Å². The lowest BCUT2D eigenvalue weighted by Gasteiger charge is -2.31. The molecule has 6 heterocycles. The van der Waals surface area contributed by atoms with Crippen molar-refractivity contribution in [2.45, 2.75) is 156 Å². The van der Waals surface area contributed by atoms with E-state index in [-0.39, 0.29) is 65.0 Å². The van der Waals surface area contributed by atoms with E-state index in [1.165, 1.54) is 5.56 Å². The minimum Gasteiger partial charge on any atom is -0.329 e. The molecule has 0 aliphatic carbocycles. The smallest absolute Gasteiger partial charge is 0.262 e. The van der Waals surface area contributed by atoms with Crippen molar-refractivity contribution >= 4 is 41.4 Å². The number of amides is 7. The van der Waals surface area contributed by atoms with Gasteiger partial charge in [-0.2, -0.15) is 0 Å². The summed E-state index contributed by atoms with van der Waals surface area (Å²) in [6.45, 7) is 31.1. The summed E-state index contributed by atoms with van der Waals surface area (Å²) in [6, 6.07) is 15.7. The predicted octanol–water partition coefficient (Wildman–Crippen LogP) is 8.47. The Morgan fingerprint density at radius 1 is 0.471 bits per heavy atom. The van der Waals surface area contributed by atoms with Crippen molar-refractivity contribution in [2.75, 3.05) is 0 Å². The maximum Gasteiger partial charge on any atom is 0.262 e. The Hall–Kier alpha value is -6.63. The minimum absolute atomic E-state index is 0. The number of allylic oxidation sites excluding steroid dienone is 3. The summed E-state index contributed by atoms with van der Waals surface area (Å²) in [5.41, 5.74) is 9.21. The number of rotatable bonds is 3. The molecule has 0 bridgehead atoms. The van der Waals surface area contributed by atoms with Gasteiger partial charge in [-0.1, -0.05) is 132 Å². The fourth-order valence-electron chi connectivity index (χ4n) is 9.91. The molecule has 6 aliphatic heterocycles. The summed E-state index contributed by atoms with van der Waals surface area (Å²) in [5.74, 6) is -1.38. The normalized spacial score (nSPS) is 21.4. The fourth-order valence-corrected chi connectivity index (χ4v) is 9.91. The quantitative estimate of drug-likeness (QED) is 0.222. The predicted molar refractivity (Wildman–Crippen MR) is 263 cm³/mol. The van der Waals surface area contributed by atoms with Crippen molar-refractivity contribution in [3.05, 3.63) is 141 Å². The van der Waals surface area contributed by atoms with Crippen molar-refractivity contribution in [1.29, 1.82) is 0 Å². The van der Waals surface area contributed by atoms with Crippen LogP contribution in [0.5, 0.6) is 0 Å². The zero-order valence-electron chi connectivity index (χ0n) is 40.4. The standard InChI is InChI=1S/C18H20N2O3.2C18H22N2O2.CH4/c1-10-8-9-13(15(21)19-10)20-16(22)11-6-5-7-12(18(2,3)4)14(11)17(20)23;1-11-8-9-15(16(21)19-11)20-10-13-12(17(20)22)6-5-7-14(13)18(2,3)4;1-11-8-9-14(16(21)19-11)20-10-12-6-5-7-13(18(2,3)4)15(12)17(20)22;/h5-7,13H,1,8-9H2,2-4H3,(H,19,21);5-7,15H,1,8-10H2,2-4H3,(H,19,21);5-7,14H,1,8-10H2,2-4H3,(H,19,21);1H4. The monoisotopic (exact) mass is 925 g/mol. The highest BCUT2D eigenvalue weighted by Crippen LogP contribution is 2.38. The molecule has 3 N–H and O–H groups in total. The van der Waals surface area contributed by atoms with E-state index < -0.39 is 18.1 Å². The first-order valence-corrected chi connectivity index (χ1v) is 23.1. The Balaban J connectivity index is 0.000000167. The van der Waals surface area contributed by atoms with E-state index in [9.17, 15) is 33.6 Å². The number of piperidine rings is 3. The van der Waals surface area contributed by atoms with Crippen LogP contribution >= 0.6 is 0 Å². The summed E-state index contributed by atoms with van der Waals surface area (Å²) in [6.07, 6.45) is 3.73. The Morgan fingerprint density at radius 3 is 1.35 bits per heavy atom. The van der Waals surface area contributed by atoms with Crippen LogP contribution in [-0.2, 0) is 43.7 Å². The summed E-state index contributed by atoms with van der Waals surface area (Å²) in [5, 5.41) is 8.18. The van der Waals surface area contributed by atoms with Gasteiger partial charge in [-0.15, -0.1) is 0 Å². The van der Waals surface area contributed by atoms with Crippen LogP contribution in [0.15, 0.2) is 91.4 Å². The summed E-state index contributed by atoms with van der Waals surface area (Å²) in [7, 11) is 0. The third kappa shape index (κ3) is 9.70. The van der Waals surface area contributed by atoms with E-state index in [0.717, 1.165) is 62.5 Å². The number of hydrogen-bond donors (Lipinski definition) is 3. The lowest BCUT2D eigenvalue weighted by Crippen LogP contribution is -2.51. The number of fused-ring (bicyclic) bond motifs is 3. The topological polar surface area (TPSA) is 165 Å². The molecular formula is C55H68N6O7. The minimum atomic E-state index is -0.763. The molecule has 360 valence electrons. The first-order chi connectivity index (χ1) is 31.3. The number of carbonyl (C=O) groups is 7. The fraction of sp³-hybridized carbons (Fsp3) is 0.436. The highest BCUT2D eigenvalue weighted by molar-refractivity contribution is 6.23. The SMILES string of the molecule is C.C=C1CCC(N2C(=O)c3cccc(C(C)(C)C)c3C2=O)C(=O)N1.C=C1CCC(N2Cc3c(cccc3C(C)(C)C)C2=O)C(=O)N1.C=C1CCC(N2Cc3cccc(C(C)(C)C)c3C2=O)C(=O)N1. The van der Waals surface area contributed by atoms with Gasteiger partial charge in [0, 0.05) is 41.3 Å². The van der Waals surface area contributed by atoms with Gasteiger partial charge in [0.1, 0.15) is 18.1 Å². The number of nitrogens with zero attached hydrogens (tertiary/aromatic N) is 3. The Labute approximate surface area is 401 Å². The van der Waals surface area contributed by atoms with E-state index in [4.69, 9.17) is 0 Å². The molecule has 3 aromatic rings. The average molecular weight is 925 g/mol. The molecule has 9 rings (SSSR count). The number of imide groups is 1. The van der Waals surface area contributed by atoms with Gasteiger partial charge in [-0.05, 0) is 94.7 Å². The van der Waals surface area contributed by atoms with E-state index in [2.05, 4.69) is 83.3 Å². The average Bonchev–Trinajstić information content (AvgIpc) is 3.84. The van der Waals surface area contributed by atoms with Crippen molar-refractivity contribution in [3.8, 4) is 0 Å². The van der Waals surface area contributed by atoms with Crippen LogP contribution < -0.4 is 16.0 Å². The summed E-state index contributed by atoms with van der Waals surface area (Å²) in [4.78, 5) is 92.4. The van der Waals surface area contributed by atoms with Gasteiger partial charge in [0.15, 0.2) is 0 Å². The molecular weight excluding hydrogens is 857 g/mol. The van der Waals surface area contributed by atoms with Gasteiger partial charge >= 0.3 is 0 Å². The van der Waals surface area contributed by atoms with E-state index in [1.54, 1.807) is 21.9 Å². The second-order valence-electron chi connectivity index (χ2n) is 21.4. The number of nitrogens with one attached hydrogen (secondary N) is 3. The van der Waals surface area contributed by atoms with Crippen LogP contribution in [0.3, 0.4) is 0 Å². The maximum atomic E-state index is 12.9. The lowest BCUT2D eigenvalue weighted by molar-refractivity contribution is -0.127. The highest BCUT2D eigenvalue weighted by atomic mass is 16.2. The van der Waals surface area contributed by atoms with Gasteiger partial charge in [-0.25, -0.2) is 0 Å². The molecule has 3 fully saturated rings. The second kappa shape index (κ2) is 18.8. The van der Waals surface area contributed by atoms with Crippen molar-refractivity contribution < 1.29 is 33.6 Å². The molecule has 0 spiro atoms.